The van der Waals surface area contributed by atoms with E-state index in [1.807, 2.05) is 0 Å². The molecule has 0 heterocycles. The summed E-state index contributed by atoms with van der Waals surface area (Å²) in [6.45, 7) is 13.4. The first kappa shape index (κ1) is 14.0. The molecule has 0 N–H and O–H groups in total. The van der Waals surface area contributed by atoms with E-state index in [1.54, 1.807) is 0 Å². The van der Waals surface area contributed by atoms with Crippen molar-refractivity contribution < 1.29 is 0 Å². The van der Waals surface area contributed by atoms with Gasteiger partial charge in [-0.3, -0.25) is 0 Å². The molecule has 0 spiro atoms. The van der Waals surface area contributed by atoms with E-state index in [0.29, 0.717) is 11.3 Å². The van der Waals surface area contributed by atoms with E-state index in [0.717, 1.165) is 12.8 Å². The van der Waals surface area contributed by atoms with Gasteiger partial charge in [0.05, 0.1) is 0 Å². The zero-order valence-corrected chi connectivity index (χ0v) is 11.8. The Hall–Kier alpha value is -1.04. The van der Waals surface area contributed by atoms with Gasteiger partial charge in [0.15, 0.2) is 0 Å². The predicted molar refractivity (Wildman–Crippen MR) is 77.1 cm³/mol. The Morgan fingerprint density at radius 3 is 2.29 bits per heavy atom. The molecule has 0 amide bonds. The standard InChI is InChI=1S/C17H26/c1-14(15(2)13-17(3,4)5)11-12-16-9-7-6-8-10-16/h6-10,14H,2,11-13H2,1,3-5H3. The summed E-state index contributed by atoms with van der Waals surface area (Å²) < 4.78 is 0. The van der Waals surface area contributed by atoms with Crippen LogP contribution in [0.4, 0.5) is 0 Å². The number of rotatable bonds is 5. The van der Waals surface area contributed by atoms with Gasteiger partial charge in [-0.05, 0) is 36.2 Å². The molecule has 0 saturated heterocycles. The zero-order valence-electron chi connectivity index (χ0n) is 11.8. The Balaban J connectivity index is 2.40. The fourth-order valence-corrected chi connectivity index (χ4v) is 2.09. The van der Waals surface area contributed by atoms with Crippen LogP contribution in [-0.2, 0) is 6.42 Å². The van der Waals surface area contributed by atoms with E-state index < -0.39 is 0 Å². The second-order valence-corrected chi connectivity index (χ2v) is 6.32. The van der Waals surface area contributed by atoms with Crippen LogP contribution in [0.2, 0.25) is 0 Å². The monoisotopic (exact) mass is 230 g/mol. The lowest BCUT2D eigenvalue weighted by molar-refractivity contribution is 0.387. The molecular formula is C17H26. The topological polar surface area (TPSA) is 0 Å². The maximum absolute atomic E-state index is 4.25. The summed E-state index contributed by atoms with van der Waals surface area (Å²) in [6, 6.07) is 10.7. The van der Waals surface area contributed by atoms with Gasteiger partial charge in [-0.25, -0.2) is 0 Å². The van der Waals surface area contributed by atoms with Crippen molar-refractivity contribution in [2.75, 3.05) is 0 Å². The van der Waals surface area contributed by atoms with Crippen molar-refractivity contribution >= 4 is 0 Å². The van der Waals surface area contributed by atoms with Gasteiger partial charge in [-0.2, -0.15) is 0 Å². The number of benzene rings is 1. The van der Waals surface area contributed by atoms with Gasteiger partial charge in [0.1, 0.15) is 0 Å². The predicted octanol–water partition coefficient (Wildman–Crippen LogP) is 5.25. The molecule has 0 aliphatic heterocycles. The molecule has 1 aromatic carbocycles. The first-order chi connectivity index (χ1) is 7.88. The van der Waals surface area contributed by atoms with Crippen LogP contribution in [0, 0.1) is 11.3 Å². The summed E-state index contributed by atoms with van der Waals surface area (Å²) in [6.07, 6.45) is 3.49. The lowest BCUT2D eigenvalue weighted by atomic mass is 9.82. The average Bonchev–Trinajstić information content (AvgIpc) is 2.25. The number of hydrogen-bond donors (Lipinski definition) is 0. The molecule has 0 fully saturated rings. The van der Waals surface area contributed by atoms with Gasteiger partial charge in [0, 0.05) is 0 Å². The molecule has 17 heavy (non-hydrogen) atoms. The van der Waals surface area contributed by atoms with E-state index >= 15 is 0 Å². The minimum absolute atomic E-state index is 0.359. The molecule has 0 nitrogen and oxygen atoms in total. The molecule has 0 heteroatoms. The summed E-state index contributed by atoms with van der Waals surface area (Å²) in [4.78, 5) is 0. The quantitative estimate of drug-likeness (QED) is 0.606. The molecule has 1 unspecified atom stereocenters. The molecule has 1 aromatic rings. The van der Waals surface area contributed by atoms with Crippen molar-refractivity contribution in [3.63, 3.8) is 0 Å². The molecule has 1 atom stereocenters. The van der Waals surface area contributed by atoms with Crippen molar-refractivity contribution in [2.45, 2.75) is 47.0 Å². The first-order valence-electron chi connectivity index (χ1n) is 6.60. The van der Waals surface area contributed by atoms with E-state index in [-0.39, 0.29) is 0 Å². The highest BCUT2D eigenvalue weighted by molar-refractivity contribution is 5.15. The fourth-order valence-electron chi connectivity index (χ4n) is 2.09. The van der Waals surface area contributed by atoms with Crippen LogP contribution in [0.25, 0.3) is 0 Å². The Morgan fingerprint density at radius 2 is 1.76 bits per heavy atom. The Morgan fingerprint density at radius 1 is 1.18 bits per heavy atom. The van der Waals surface area contributed by atoms with Gasteiger partial charge >= 0.3 is 0 Å². The molecular weight excluding hydrogens is 204 g/mol. The van der Waals surface area contributed by atoms with Gasteiger partial charge < -0.3 is 0 Å². The van der Waals surface area contributed by atoms with E-state index in [4.69, 9.17) is 0 Å². The third-order valence-corrected chi connectivity index (χ3v) is 3.16. The van der Waals surface area contributed by atoms with Crippen LogP contribution < -0.4 is 0 Å². The Kier molecular flexibility index (Phi) is 4.99. The maximum Gasteiger partial charge on any atom is -0.0231 e. The highest BCUT2D eigenvalue weighted by Gasteiger charge is 2.15. The van der Waals surface area contributed by atoms with Crippen molar-refractivity contribution in [1.29, 1.82) is 0 Å². The number of aryl methyl sites for hydroxylation is 1. The van der Waals surface area contributed by atoms with E-state index in [1.165, 1.54) is 17.6 Å². The molecule has 0 saturated carbocycles. The van der Waals surface area contributed by atoms with Gasteiger partial charge in [0.25, 0.3) is 0 Å². The second kappa shape index (κ2) is 6.05. The molecule has 0 bridgehead atoms. The van der Waals surface area contributed by atoms with Gasteiger partial charge in [-0.15, -0.1) is 0 Å². The largest absolute Gasteiger partial charge is 0.0996 e. The minimum Gasteiger partial charge on any atom is -0.0996 e. The van der Waals surface area contributed by atoms with E-state index in [2.05, 4.69) is 64.6 Å². The molecule has 0 aromatic heterocycles. The van der Waals surface area contributed by atoms with Crippen LogP contribution in [0.1, 0.15) is 46.1 Å². The molecule has 0 aliphatic carbocycles. The van der Waals surface area contributed by atoms with Crippen molar-refractivity contribution in [3.05, 3.63) is 48.0 Å². The van der Waals surface area contributed by atoms with Gasteiger partial charge in [0.2, 0.25) is 0 Å². The SMILES string of the molecule is C=C(CC(C)(C)C)C(C)CCc1ccccc1. The van der Waals surface area contributed by atoms with Crippen LogP contribution >= 0.6 is 0 Å². The normalized spacial score (nSPS) is 13.4. The molecule has 0 radical (unpaired) electrons. The third kappa shape index (κ3) is 5.72. The van der Waals surface area contributed by atoms with Crippen LogP contribution in [-0.4, -0.2) is 0 Å². The van der Waals surface area contributed by atoms with Crippen LogP contribution in [0.15, 0.2) is 42.5 Å². The Bertz CT molecular complexity index is 340. The van der Waals surface area contributed by atoms with Crippen molar-refractivity contribution in [3.8, 4) is 0 Å². The summed E-state index contributed by atoms with van der Waals surface area (Å²) in [5, 5.41) is 0. The molecule has 0 aliphatic rings. The van der Waals surface area contributed by atoms with Crippen molar-refractivity contribution in [2.24, 2.45) is 11.3 Å². The molecule has 1 rings (SSSR count). The summed E-state index contributed by atoms with van der Waals surface area (Å²) in [5.41, 5.74) is 3.19. The highest BCUT2D eigenvalue weighted by Crippen LogP contribution is 2.29. The Labute approximate surface area is 107 Å². The number of hydrogen-bond acceptors (Lipinski definition) is 0. The summed E-state index contributed by atoms with van der Waals surface area (Å²) in [5.74, 6) is 0.620. The third-order valence-electron chi connectivity index (χ3n) is 3.16. The highest BCUT2D eigenvalue weighted by atomic mass is 14.2. The fraction of sp³-hybridized carbons (Fsp3) is 0.529. The first-order valence-corrected chi connectivity index (χ1v) is 6.60. The lowest BCUT2D eigenvalue weighted by Crippen LogP contribution is -2.10. The molecule has 94 valence electrons. The second-order valence-electron chi connectivity index (χ2n) is 6.32. The van der Waals surface area contributed by atoms with Crippen LogP contribution in [0.3, 0.4) is 0 Å². The number of allylic oxidation sites excluding steroid dienone is 1. The summed E-state index contributed by atoms with van der Waals surface area (Å²) in [7, 11) is 0. The van der Waals surface area contributed by atoms with Crippen LogP contribution in [0.5, 0.6) is 0 Å². The lowest BCUT2D eigenvalue weighted by Gasteiger charge is -2.23. The minimum atomic E-state index is 0.359. The van der Waals surface area contributed by atoms with Gasteiger partial charge in [-0.1, -0.05) is 70.2 Å². The smallest absolute Gasteiger partial charge is 0.0231 e. The average molecular weight is 230 g/mol. The summed E-state index contributed by atoms with van der Waals surface area (Å²) >= 11 is 0. The van der Waals surface area contributed by atoms with Crippen molar-refractivity contribution in [1.82, 2.24) is 0 Å². The zero-order chi connectivity index (χ0) is 12.9. The van der Waals surface area contributed by atoms with E-state index in [9.17, 15) is 0 Å². The maximum atomic E-state index is 4.25.